The number of carbonyl (C=O) groups is 1. The first kappa shape index (κ1) is 21.7. The van der Waals surface area contributed by atoms with Gasteiger partial charge >= 0.3 is 0 Å². The lowest BCUT2D eigenvalue weighted by Gasteiger charge is -2.42. The number of amides is 1. The minimum Gasteiger partial charge on any atom is -0.385 e. The van der Waals surface area contributed by atoms with Gasteiger partial charge in [-0.1, -0.05) is 22.4 Å². The van der Waals surface area contributed by atoms with Crippen molar-refractivity contribution in [1.29, 1.82) is 0 Å². The molecule has 1 aromatic carbocycles. The molecule has 0 aromatic heterocycles. The first-order valence-corrected chi connectivity index (χ1v) is 10.4. The Morgan fingerprint density at radius 3 is 2.48 bits per heavy atom. The van der Waals surface area contributed by atoms with Crippen molar-refractivity contribution in [1.82, 2.24) is 16.0 Å². The van der Waals surface area contributed by atoms with Crippen LogP contribution in [0.4, 0.5) is 0 Å². The van der Waals surface area contributed by atoms with Gasteiger partial charge in [0.05, 0.1) is 0 Å². The van der Waals surface area contributed by atoms with Gasteiger partial charge in [-0.25, -0.2) is 0 Å². The van der Waals surface area contributed by atoms with Gasteiger partial charge in [0.15, 0.2) is 5.96 Å². The topological polar surface area (TPSA) is 74.8 Å². The third-order valence-electron chi connectivity index (χ3n) is 5.14. The normalized spacial score (nSPS) is 15.7. The monoisotopic (exact) mass is 438 g/mol. The molecule has 0 saturated heterocycles. The van der Waals surface area contributed by atoms with Gasteiger partial charge in [0, 0.05) is 50.4 Å². The van der Waals surface area contributed by atoms with Gasteiger partial charge in [-0.3, -0.25) is 9.79 Å². The second kappa shape index (κ2) is 11.3. The summed E-state index contributed by atoms with van der Waals surface area (Å²) < 4.78 is 6.21. The summed E-state index contributed by atoms with van der Waals surface area (Å²) in [5.41, 5.74) is 1.03. The Hall–Kier alpha value is -1.60. The molecule has 0 bridgehead atoms. The highest BCUT2D eigenvalue weighted by Gasteiger charge is 2.36. The van der Waals surface area contributed by atoms with Crippen LogP contribution < -0.4 is 16.0 Å². The molecule has 0 heterocycles. The quantitative estimate of drug-likeness (QED) is 0.298. The van der Waals surface area contributed by atoms with E-state index >= 15 is 0 Å². The molecule has 0 radical (unpaired) electrons. The summed E-state index contributed by atoms with van der Waals surface area (Å²) >= 11 is 3.37. The molecule has 1 aliphatic carbocycles. The number of hydrogen-bond acceptors (Lipinski definition) is 3. The molecule has 150 valence electrons. The Balaban J connectivity index is 1.62. The fourth-order valence-corrected chi connectivity index (χ4v) is 3.47. The molecule has 1 fully saturated rings. The summed E-state index contributed by atoms with van der Waals surface area (Å²) in [6.07, 6.45) is 5.73. The highest BCUT2D eigenvalue weighted by molar-refractivity contribution is 9.10. The number of guanidine groups is 1. The number of carbonyl (C=O) groups excluding carboxylic acids is 1. The summed E-state index contributed by atoms with van der Waals surface area (Å²) in [6.45, 7) is 3.12. The van der Waals surface area contributed by atoms with E-state index in [1.165, 1.54) is 19.3 Å². The first-order chi connectivity index (χ1) is 13.1. The molecule has 1 aromatic rings. The van der Waals surface area contributed by atoms with Crippen molar-refractivity contribution in [2.45, 2.75) is 32.1 Å². The Kier molecular flexibility index (Phi) is 9.07. The maximum absolute atomic E-state index is 12.1. The van der Waals surface area contributed by atoms with Gasteiger partial charge < -0.3 is 20.7 Å². The average Bonchev–Trinajstić information content (AvgIpc) is 2.65. The molecule has 1 aliphatic rings. The van der Waals surface area contributed by atoms with Gasteiger partial charge in [0.1, 0.15) is 0 Å². The van der Waals surface area contributed by atoms with E-state index in [4.69, 9.17) is 4.74 Å². The maximum Gasteiger partial charge on any atom is 0.251 e. The molecular formula is C20H31BrN4O2. The SMILES string of the molecule is CN=C(NCCCNC(=O)c1ccc(Br)cc1)NCC1(CCOC)CCC1. The number of ether oxygens (including phenoxy) is 1. The zero-order chi connectivity index (χ0) is 19.5. The van der Waals surface area contributed by atoms with Gasteiger partial charge in [0.2, 0.25) is 0 Å². The third kappa shape index (κ3) is 7.14. The maximum atomic E-state index is 12.1. The zero-order valence-electron chi connectivity index (χ0n) is 16.3. The molecule has 0 unspecified atom stereocenters. The molecule has 0 atom stereocenters. The Morgan fingerprint density at radius 1 is 1.19 bits per heavy atom. The van der Waals surface area contributed by atoms with E-state index in [1.54, 1.807) is 14.2 Å². The van der Waals surface area contributed by atoms with E-state index in [0.717, 1.165) is 43.0 Å². The predicted octanol–water partition coefficient (Wildman–Crippen LogP) is 2.94. The van der Waals surface area contributed by atoms with Crippen molar-refractivity contribution in [3.05, 3.63) is 34.3 Å². The fraction of sp³-hybridized carbons (Fsp3) is 0.600. The lowest BCUT2D eigenvalue weighted by molar-refractivity contribution is 0.0732. The molecule has 27 heavy (non-hydrogen) atoms. The van der Waals surface area contributed by atoms with Crippen LogP contribution in [0, 0.1) is 5.41 Å². The van der Waals surface area contributed by atoms with Crippen molar-refractivity contribution < 1.29 is 9.53 Å². The van der Waals surface area contributed by atoms with E-state index in [0.29, 0.717) is 17.5 Å². The molecule has 2 rings (SSSR count). The van der Waals surface area contributed by atoms with Crippen LogP contribution in [0.5, 0.6) is 0 Å². The first-order valence-electron chi connectivity index (χ1n) is 9.56. The highest BCUT2D eigenvalue weighted by Crippen LogP contribution is 2.43. The molecule has 7 heteroatoms. The second-order valence-corrected chi connectivity index (χ2v) is 7.98. The van der Waals surface area contributed by atoms with Crippen LogP contribution in [0.15, 0.2) is 33.7 Å². The molecule has 3 N–H and O–H groups in total. The average molecular weight is 439 g/mol. The number of rotatable bonds is 10. The van der Waals surface area contributed by atoms with Crippen LogP contribution in [-0.4, -0.2) is 52.3 Å². The number of nitrogens with one attached hydrogen (secondary N) is 3. The van der Waals surface area contributed by atoms with Gasteiger partial charge in [-0.15, -0.1) is 0 Å². The van der Waals surface area contributed by atoms with E-state index in [2.05, 4.69) is 36.9 Å². The summed E-state index contributed by atoms with van der Waals surface area (Å²) in [5, 5.41) is 9.70. The largest absolute Gasteiger partial charge is 0.385 e. The predicted molar refractivity (Wildman–Crippen MR) is 113 cm³/mol. The van der Waals surface area contributed by atoms with Gasteiger partial charge in [0.25, 0.3) is 5.91 Å². The van der Waals surface area contributed by atoms with E-state index in [9.17, 15) is 4.79 Å². The zero-order valence-corrected chi connectivity index (χ0v) is 17.9. The molecule has 0 spiro atoms. The summed E-state index contributed by atoms with van der Waals surface area (Å²) in [5.74, 6) is 0.771. The van der Waals surface area contributed by atoms with Crippen molar-refractivity contribution in [2.24, 2.45) is 10.4 Å². The fourth-order valence-electron chi connectivity index (χ4n) is 3.20. The van der Waals surface area contributed by atoms with Crippen molar-refractivity contribution in [3.63, 3.8) is 0 Å². The summed E-state index contributed by atoms with van der Waals surface area (Å²) in [7, 11) is 3.54. The third-order valence-corrected chi connectivity index (χ3v) is 5.67. The second-order valence-electron chi connectivity index (χ2n) is 7.07. The minimum atomic E-state index is -0.0462. The Labute approximate surface area is 170 Å². The number of benzene rings is 1. The number of nitrogens with zero attached hydrogens (tertiary/aromatic N) is 1. The van der Waals surface area contributed by atoms with Gasteiger partial charge in [-0.2, -0.15) is 0 Å². The minimum absolute atomic E-state index is 0.0462. The van der Waals surface area contributed by atoms with Crippen LogP contribution in [0.2, 0.25) is 0 Å². The van der Waals surface area contributed by atoms with E-state index in [1.807, 2.05) is 24.3 Å². The Bertz CT molecular complexity index is 615. The molecular weight excluding hydrogens is 408 g/mol. The summed E-state index contributed by atoms with van der Waals surface area (Å²) in [6, 6.07) is 7.36. The number of aliphatic imine (C=N–C) groups is 1. The number of hydrogen-bond donors (Lipinski definition) is 3. The van der Waals surface area contributed by atoms with Crippen molar-refractivity contribution in [2.75, 3.05) is 40.4 Å². The van der Waals surface area contributed by atoms with Crippen LogP contribution in [-0.2, 0) is 4.74 Å². The smallest absolute Gasteiger partial charge is 0.251 e. The van der Waals surface area contributed by atoms with Crippen molar-refractivity contribution in [3.8, 4) is 0 Å². The van der Waals surface area contributed by atoms with Gasteiger partial charge in [-0.05, 0) is 55.4 Å². The lowest BCUT2D eigenvalue weighted by atomic mass is 9.67. The van der Waals surface area contributed by atoms with Crippen LogP contribution >= 0.6 is 15.9 Å². The standard InChI is InChI=1S/C20H31BrN4O2/c1-22-19(25-15-20(9-3-10-20)11-14-27-2)24-13-4-12-23-18(26)16-5-7-17(21)8-6-16/h5-8H,3-4,9-15H2,1-2H3,(H,23,26)(H2,22,24,25). The van der Waals surface area contributed by atoms with Crippen LogP contribution in [0.3, 0.4) is 0 Å². The molecule has 0 aliphatic heterocycles. The molecule has 1 amide bonds. The van der Waals surface area contributed by atoms with Crippen LogP contribution in [0.25, 0.3) is 0 Å². The lowest BCUT2D eigenvalue weighted by Crippen LogP contribution is -2.47. The number of methoxy groups -OCH3 is 1. The van der Waals surface area contributed by atoms with E-state index < -0.39 is 0 Å². The highest BCUT2D eigenvalue weighted by atomic mass is 79.9. The Morgan fingerprint density at radius 2 is 1.89 bits per heavy atom. The molecule has 1 saturated carbocycles. The number of halogens is 1. The summed E-state index contributed by atoms with van der Waals surface area (Å²) in [4.78, 5) is 16.3. The van der Waals surface area contributed by atoms with E-state index in [-0.39, 0.29) is 5.91 Å². The van der Waals surface area contributed by atoms with Crippen LogP contribution in [0.1, 0.15) is 42.5 Å². The van der Waals surface area contributed by atoms with Crippen molar-refractivity contribution >= 4 is 27.8 Å². The molecule has 6 nitrogen and oxygen atoms in total.